The molecule has 0 saturated heterocycles. The van der Waals surface area contributed by atoms with Gasteiger partial charge in [0.1, 0.15) is 5.75 Å². The van der Waals surface area contributed by atoms with Crippen molar-refractivity contribution in [2.45, 2.75) is 35.9 Å². The first kappa shape index (κ1) is 37.5. The van der Waals surface area contributed by atoms with Gasteiger partial charge >= 0.3 is 32.0 Å². The molecule has 0 aliphatic rings. The SMILES string of the molecule is COC(c1cc(OB(O)O)cc(C(OC)(C(F)(F)F)C(F)(F)F)c1)(C(F)(F)F)C(F)(F)F.O.O.O. The first-order chi connectivity index (χ1) is 14.1. The molecule has 1 aromatic carbocycles. The highest BCUT2D eigenvalue weighted by molar-refractivity contribution is 6.33. The molecule has 0 radical (unpaired) electrons. The number of halogens is 12. The smallest absolute Gasteiger partial charge is 0.512 e. The number of hydrogen-bond donors (Lipinski definition) is 2. The van der Waals surface area contributed by atoms with Crippen LogP contribution in [0, 0.1) is 0 Å². The molecule has 0 fully saturated rings. The standard InChI is InChI=1S/C14H11BF12O5.3H2O/c1-30-9(11(16,17)18,12(19,20)21)6-3-7(5-8(4-6)32-15(28)29)10(31-2,13(22,23)24)14(25,26)27;;;/h3-5,28-29H,1-2H3;3*1H2. The third kappa shape index (κ3) is 6.21. The van der Waals surface area contributed by atoms with Crippen molar-refractivity contribution in [3.63, 3.8) is 0 Å². The van der Waals surface area contributed by atoms with Crippen LogP contribution in [0.3, 0.4) is 0 Å². The van der Waals surface area contributed by atoms with Gasteiger partial charge in [0, 0.05) is 25.3 Å². The lowest BCUT2D eigenvalue weighted by atomic mass is 9.84. The molecule has 0 heterocycles. The minimum atomic E-state index is -6.47. The minimum Gasteiger partial charge on any atom is -0.512 e. The topological polar surface area (TPSA) is 163 Å². The summed E-state index contributed by atoms with van der Waals surface area (Å²) in [6, 6.07) is -1.37. The first-order valence-corrected chi connectivity index (χ1v) is 7.68. The Hall–Kier alpha value is -2.04. The molecule has 1 rings (SSSR count). The average molecular weight is 552 g/mol. The summed E-state index contributed by atoms with van der Waals surface area (Å²) < 4.78 is 173. The maximum absolute atomic E-state index is 13.5. The Morgan fingerprint density at radius 2 is 0.829 bits per heavy atom. The fraction of sp³-hybridized carbons (Fsp3) is 0.571. The van der Waals surface area contributed by atoms with Crippen LogP contribution in [0.5, 0.6) is 5.75 Å². The third-order valence-electron chi connectivity index (χ3n) is 4.17. The summed E-state index contributed by atoms with van der Waals surface area (Å²) in [5.41, 5.74) is -15.6. The molecule has 0 unspecified atom stereocenters. The molecule has 35 heavy (non-hydrogen) atoms. The van der Waals surface area contributed by atoms with E-state index < -0.39 is 66.2 Å². The van der Waals surface area contributed by atoms with E-state index in [2.05, 4.69) is 14.1 Å². The number of methoxy groups -OCH3 is 2. The van der Waals surface area contributed by atoms with E-state index in [0.29, 0.717) is 0 Å². The van der Waals surface area contributed by atoms with Gasteiger partial charge in [0.25, 0.3) is 11.2 Å². The van der Waals surface area contributed by atoms with Crippen molar-refractivity contribution in [2.75, 3.05) is 14.2 Å². The van der Waals surface area contributed by atoms with Crippen LogP contribution >= 0.6 is 0 Å². The summed E-state index contributed by atoms with van der Waals surface area (Å²) in [5, 5.41) is 17.5. The van der Waals surface area contributed by atoms with Crippen molar-refractivity contribution in [1.82, 2.24) is 0 Å². The van der Waals surface area contributed by atoms with Crippen molar-refractivity contribution in [3.05, 3.63) is 29.3 Å². The van der Waals surface area contributed by atoms with Gasteiger partial charge in [-0.05, 0) is 18.2 Å². The second-order valence-electron chi connectivity index (χ2n) is 5.95. The van der Waals surface area contributed by atoms with E-state index >= 15 is 0 Å². The predicted octanol–water partition coefficient (Wildman–Crippen LogP) is 1.49. The Kier molecular flexibility index (Phi) is 12.2. The summed E-state index contributed by atoms with van der Waals surface area (Å²) in [6.07, 6.45) is -25.9. The van der Waals surface area contributed by atoms with Gasteiger partial charge in [-0.1, -0.05) is 0 Å². The van der Waals surface area contributed by atoms with E-state index in [4.69, 9.17) is 10.0 Å². The van der Waals surface area contributed by atoms with Crippen LogP contribution in [0.15, 0.2) is 18.2 Å². The average Bonchev–Trinajstić information content (AvgIpc) is 2.50. The van der Waals surface area contributed by atoms with Crippen LogP contribution in [0.2, 0.25) is 0 Å². The van der Waals surface area contributed by atoms with Crippen molar-refractivity contribution >= 4 is 7.32 Å². The number of ether oxygens (including phenoxy) is 2. The molecule has 208 valence electrons. The van der Waals surface area contributed by atoms with Gasteiger partial charge < -0.3 is 40.6 Å². The highest BCUT2D eigenvalue weighted by Gasteiger charge is 2.75. The molecule has 21 heteroatoms. The molecule has 0 spiro atoms. The number of hydrogen-bond acceptors (Lipinski definition) is 5. The predicted molar refractivity (Wildman–Crippen MR) is 89.7 cm³/mol. The lowest BCUT2D eigenvalue weighted by Gasteiger charge is -2.39. The second-order valence-corrected chi connectivity index (χ2v) is 5.95. The molecule has 8 nitrogen and oxygen atoms in total. The van der Waals surface area contributed by atoms with Crippen LogP contribution in [0.25, 0.3) is 0 Å². The Labute approximate surface area is 187 Å². The molecule has 0 saturated carbocycles. The zero-order valence-corrected chi connectivity index (χ0v) is 17.0. The molecule has 0 aromatic heterocycles. The van der Waals surface area contributed by atoms with Crippen molar-refractivity contribution in [2.24, 2.45) is 0 Å². The van der Waals surface area contributed by atoms with Crippen molar-refractivity contribution < 1.29 is 93.3 Å². The summed E-state index contributed by atoms with van der Waals surface area (Å²) in [6.45, 7) is 0. The lowest BCUT2D eigenvalue weighted by molar-refractivity contribution is -0.385. The van der Waals surface area contributed by atoms with Crippen LogP contribution < -0.4 is 4.65 Å². The zero-order chi connectivity index (χ0) is 25.6. The largest absolute Gasteiger partial charge is 0.707 e. The summed E-state index contributed by atoms with van der Waals surface area (Å²) in [5.74, 6) is -1.64. The normalized spacial score (nSPS) is 13.3. The van der Waals surface area contributed by atoms with Gasteiger partial charge in [0.05, 0.1) is 0 Å². The van der Waals surface area contributed by atoms with Crippen LogP contribution in [0.4, 0.5) is 52.7 Å². The summed E-state index contributed by atoms with van der Waals surface area (Å²) in [4.78, 5) is 0. The van der Waals surface area contributed by atoms with E-state index in [-0.39, 0.29) is 42.8 Å². The van der Waals surface area contributed by atoms with Gasteiger partial charge in [0.15, 0.2) is 0 Å². The maximum Gasteiger partial charge on any atom is 0.707 e. The maximum atomic E-state index is 13.5. The second kappa shape index (κ2) is 11.3. The monoisotopic (exact) mass is 552 g/mol. The third-order valence-corrected chi connectivity index (χ3v) is 4.17. The number of rotatable bonds is 6. The van der Waals surface area contributed by atoms with Gasteiger partial charge in [-0.2, -0.15) is 52.7 Å². The fourth-order valence-electron chi connectivity index (χ4n) is 2.87. The highest BCUT2D eigenvalue weighted by Crippen LogP contribution is 2.57. The summed E-state index contributed by atoms with van der Waals surface area (Å²) in [7, 11) is -3.35. The fourth-order valence-corrected chi connectivity index (χ4v) is 2.87. The number of alkyl halides is 12. The number of benzene rings is 1. The Balaban J connectivity index is -0.00000341. The molecule has 0 atom stereocenters. The molecular weight excluding hydrogens is 535 g/mol. The van der Waals surface area contributed by atoms with Crippen molar-refractivity contribution in [1.29, 1.82) is 0 Å². The lowest BCUT2D eigenvalue weighted by Crippen LogP contribution is -2.57. The minimum absolute atomic E-state index is 0. The molecule has 8 N–H and O–H groups in total. The summed E-state index contributed by atoms with van der Waals surface area (Å²) >= 11 is 0. The molecule has 0 aliphatic heterocycles. The van der Waals surface area contributed by atoms with E-state index in [1.54, 1.807) is 0 Å². The van der Waals surface area contributed by atoms with Gasteiger partial charge in [-0.15, -0.1) is 0 Å². The Morgan fingerprint density at radius 3 is 1.00 bits per heavy atom. The van der Waals surface area contributed by atoms with Crippen LogP contribution in [-0.4, -0.2) is 72.7 Å². The molecular formula is C14H17BF12O8. The van der Waals surface area contributed by atoms with E-state index in [1.165, 1.54) is 0 Å². The Bertz CT molecular complexity index is 720. The highest BCUT2D eigenvalue weighted by atomic mass is 19.4. The molecule has 0 aliphatic carbocycles. The van der Waals surface area contributed by atoms with E-state index in [9.17, 15) is 52.7 Å². The van der Waals surface area contributed by atoms with Crippen LogP contribution in [-0.2, 0) is 20.7 Å². The molecule has 0 bridgehead atoms. The molecule has 0 amide bonds. The zero-order valence-electron chi connectivity index (χ0n) is 17.0. The first-order valence-electron chi connectivity index (χ1n) is 7.68. The van der Waals surface area contributed by atoms with Gasteiger partial charge in [-0.25, -0.2) is 0 Å². The van der Waals surface area contributed by atoms with E-state index in [1.807, 2.05) is 0 Å². The van der Waals surface area contributed by atoms with Crippen molar-refractivity contribution in [3.8, 4) is 5.75 Å². The molecule has 1 aromatic rings. The quantitative estimate of drug-likeness (QED) is 0.403. The van der Waals surface area contributed by atoms with E-state index in [0.717, 1.165) is 0 Å². The van der Waals surface area contributed by atoms with Gasteiger partial charge in [0.2, 0.25) is 0 Å². The van der Waals surface area contributed by atoms with Gasteiger partial charge in [-0.3, -0.25) is 0 Å². The Morgan fingerprint density at radius 1 is 0.571 bits per heavy atom. The van der Waals surface area contributed by atoms with Crippen LogP contribution in [0.1, 0.15) is 11.1 Å².